The van der Waals surface area contributed by atoms with Gasteiger partial charge in [0.25, 0.3) is 5.91 Å². The maximum Gasteiger partial charge on any atom is 0.345 e. The predicted molar refractivity (Wildman–Crippen MR) is 150 cm³/mol. The van der Waals surface area contributed by atoms with E-state index >= 15 is 0 Å². The summed E-state index contributed by atoms with van der Waals surface area (Å²) in [4.78, 5) is 25.5. The maximum atomic E-state index is 12.8. The number of nitrogens with zero attached hydrogens (tertiary/aromatic N) is 1. The van der Waals surface area contributed by atoms with Crippen LogP contribution in [0.1, 0.15) is 22.8 Å². The molecule has 0 aliphatic carbocycles. The van der Waals surface area contributed by atoms with E-state index in [1.165, 1.54) is 6.21 Å². The van der Waals surface area contributed by atoms with E-state index in [1.54, 1.807) is 37.3 Å². The van der Waals surface area contributed by atoms with Crippen LogP contribution in [-0.2, 0) is 4.79 Å². The minimum Gasteiger partial charge on any atom is -0.481 e. The quantitative estimate of drug-likeness (QED) is 0.111. The van der Waals surface area contributed by atoms with Gasteiger partial charge in [0.2, 0.25) is 0 Å². The first-order valence-electron chi connectivity index (χ1n) is 12.0. The molecule has 0 bridgehead atoms. The maximum absolute atomic E-state index is 12.8. The number of nitrogens with one attached hydrogen (secondary N) is 1. The lowest BCUT2D eigenvalue weighted by molar-refractivity contribution is -0.127. The molecule has 0 aromatic heterocycles. The smallest absolute Gasteiger partial charge is 0.345 e. The molecule has 0 spiro atoms. The van der Waals surface area contributed by atoms with E-state index in [2.05, 4.69) is 10.5 Å². The van der Waals surface area contributed by atoms with Crippen molar-refractivity contribution in [2.75, 3.05) is 0 Å². The summed E-state index contributed by atoms with van der Waals surface area (Å²) in [6.07, 6.45) is 0.663. The Morgan fingerprint density at radius 2 is 1.53 bits per heavy atom. The Hall–Kier alpha value is -4.68. The molecule has 5 aromatic carbocycles. The molecule has 0 radical (unpaired) electrons. The van der Waals surface area contributed by atoms with E-state index in [1.807, 2.05) is 72.8 Å². The van der Waals surface area contributed by atoms with Crippen LogP contribution in [0.15, 0.2) is 108 Å². The summed E-state index contributed by atoms with van der Waals surface area (Å²) in [5.41, 5.74) is 3.30. The summed E-state index contributed by atoms with van der Waals surface area (Å²) in [5.74, 6) is -0.156. The van der Waals surface area contributed by atoms with Crippen LogP contribution in [0.4, 0.5) is 0 Å². The van der Waals surface area contributed by atoms with E-state index in [0.29, 0.717) is 16.3 Å². The minimum absolute atomic E-state index is 0.248. The Labute approximate surface area is 224 Å². The number of fused-ring (bicyclic) bond motifs is 2. The van der Waals surface area contributed by atoms with E-state index < -0.39 is 18.0 Å². The zero-order chi connectivity index (χ0) is 26.5. The summed E-state index contributed by atoms with van der Waals surface area (Å²) >= 11 is 6.17. The molecule has 5 rings (SSSR count). The van der Waals surface area contributed by atoms with Crippen LogP contribution >= 0.6 is 11.6 Å². The van der Waals surface area contributed by atoms with Gasteiger partial charge in [-0.1, -0.05) is 84.4 Å². The number of hydrogen-bond acceptors (Lipinski definition) is 5. The Morgan fingerprint density at radius 3 is 2.34 bits per heavy atom. The van der Waals surface area contributed by atoms with Crippen molar-refractivity contribution in [2.45, 2.75) is 13.0 Å². The van der Waals surface area contributed by atoms with Crippen molar-refractivity contribution >= 4 is 51.2 Å². The monoisotopic (exact) mass is 522 g/mol. The topological polar surface area (TPSA) is 77.0 Å². The second kappa shape index (κ2) is 11.2. The molecule has 0 saturated carbocycles. The van der Waals surface area contributed by atoms with Gasteiger partial charge in [0.15, 0.2) is 6.10 Å². The molecule has 7 heteroatoms. The fourth-order valence-electron chi connectivity index (χ4n) is 4.03. The zero-order valence-corrected chi connectivity index (χ0v) is 21.2. The van der Waals surface area contributed by atoms with E-state index in [4.69, 9.17) is 21.1 Å². The molecule has 0 fully saturated rings. The van der Waals surface area contributed by atoms with Crippen molar-refractivity contribution in [2.24, 2.45) is 5.10 Å². The normalized spacial score (nSPS) is 11.9. The molecule has 1 N–H and O–H groups in total. The van der Waals surface area contributed by atoms with Crippen molar-refractivity contribution in [1.82, 2.24) is 5.43 Å². The van der Waals surface area contributed by atoms with Gasteiger partial charge in [0.05, 0.1) is 16.8 Å². The Balaban J connectivity index is 1.33. The fraction of sp³-hybridized carbons (Fsp3) is 0.0645. The molecule has 1 atom stereocenters. The van der Waals surface area contributed by atoms with E-state index in [9.17, 15) is 9.59 Å². The molecule has 38 heavy (non-hydrogen) atoms. The molecule has 6 nitrogen and oxygen atoms in total. The van der Waals surface area contributed by atoms with Crippen LogP contribution in [0.2, 0.25) is 5.02 Å². The molecular formula is C31H23ClN2O4. The number of carbonyl (C=O) groups excluding carboxylic acids is 2. The van der Waals surface area contributed by atoms with Gasteiger partial charge < -0.3 is 9.47 Å². The van der Waals surface area contributed by atoms with Crippen LogP contribution in [0, 0.1) is 0 Å². The number of halogens is 1. The standard InChI is InChI=1S/C31H23ClN2O4/c1-20(37-24-16-14-21-8-2-3-10-23(21)18-24)30(35)34-33-19-27-25-11-5-4-9-22(25)15-17-29(27)38-31(36)26-12-6-7-13-28(26)32/h2-20H,1H3,(H,34,35)/b33-19+. The van der Waals surface area contributed by atoms with Crippen LogP contribution in [0.3, 0.4) is 0 Å². The minimum atomic E-state index is -0.793. The first kappa shape index (κ1) is 25.0. The molecule has 5 aromatic rings. The first-order valence-corrected chi connectivity index (χ1v) is 12.3. The zero-order valence-electron chi connectivity index (χ0n) is 20.4. The third-order valence-corrected chi connectivity index (χ3v) is 6.33. The highest BCUT2D eigenvalue weighted by Gasteiger charge is 2.17. The van der Waals surface area contributed by atoms with Crippen molar-refractivity contribution < 1.29 is 19.1 Å². The van der Waals surface area contributed by atoms with Gasteiger partial charge in [0.1, 0.15) is 11.5 Å². The number of carbonyl (C=O) groups is 2. The van der Waals surface area contributed by atoms with Gasteiger partial charge in [-0.3, -0.25) is 4.79 Å². The molecule has 1 amide bonds. The fourth-order valence-corrected chi connectivity index (χ4v) is 4.24. The third-order valence-electron chi connectivity index (χ3n) is 6.00. The van der Waals surface area contributed by atoms with Gasteiger partial charge in [-0.05, 0) is 58.8 Å². The third kappa shape index (κ3) is 5.51. The lowest BCUT2D eigenvalue weighted by Crippen LogP contribution is -2.33. The lowest BCUT2D eigenvalue weighted by atomic mass is 10.0. The summed E-state index contributed by atoms with van der Waals surface area (Å²) in [6, 6.07) is 31.4. The number of esters is 1. The van der Waals surface area contributed by atoms with Crippen molar-refractivity contribution in [1.29, 1.82) is 0 Å². The Kier molecular flexibility index (Phi) is 7.33. The molecule has 0 saturated heterocycles. The molecule has 0 heterocycles. The Morgan fingerprint density at radius 1 is 0.842 bits per heavy atom. The summed E-state index contributed by atoms with van der Waals surface area (Å²) in [5, 5.41) is 8.26. The molecule has 1 unspecified atom stereocenters. The van der Waals surface area contributed by atoms with Crippen LogP contribution in [0.25, 0.3) is 21.5 Å². The summed E-state index contributed by atoms with van der Waals surface area (Å²) in [6.45, 7) is 1.65. The number of hydrazone groups is 1. The lowest BCUT2D eigenvalue weighted by Gasteiger charge is -2.14. The Bertz CT molecular complexity index is 1680. The van der Waals surface area contributed by atoms with Crippen LogP contribution in [-0.4, -0.2) is 24.2 Å². The molecule has 0 aliphatic heterocycles. The predicted octanol–water partition coefficient (Wildman–Crippen LogP) is 6.78. The second-order valence-electron chi connectivity index (χ2n) is 8.57. The number of benzene rings is 5. The summed E-state index contributed by atoms with van der Waals surface area (Å²) < 4.78 is 11.5. The SMILES string of the molecule is CC(Oc1ccc2ccccc2c1)C(=O)N/N=C/c1c(OC(=O)c2ccccc2Cl)ccc2ccccc12. The number of hydrogen-bond donors (Lipinski definition) is 1. The van der Waals surface area contributed by atoms with E-state index in [-0.39, 0.29) is 11.3 Å². The number of ether oxygens (including phenoxy) is 2. The van der Waals surface area contributed by atoms with Crippen molar-refractivity contribution in [3.63, 3.8) is 0 Å². The number of rotatable bonds is 7. The average molecular weight is 523 g/mol. The number of amides is 1. The largest absolute Gasteiger partial charge is 0.481 e. The van der Waals surface area contributed by atoms with Gasteiger partial charge >= 0.3 is 5.97 Å². The van der Waals surface area contributed by atoms with Gasteiger partial charge in [-0.25, -0.2) is 10.2 Å². The molecule has 0 aliphatic rings. The highest BCUT2D eigenvalue weighted by molar-refractivity contribution is 6.33. The van der Waals surface area contributed by atoms with Gasteiger partial charge in [0, 0.05) is 5.56 Å². The van der Waals surface area contributed by atoms with Crippen LogP contribution in [0.5, 0.6) is 11.5 Å². The highest BCUT2D eigenvalue weighted by atomic mass is 35.5. The van der Waals surface area contributed by atoms with Crippen molar-refractivity contribution in [3.8, 4) is 11.5 Å². The van der Waals surface area contributed by atoms with Gasteiger partial charge in [-0.15, -0.1) is 0 Å². The average Bonchev–Trinajstić information content (AvgIpc) is 2.94. The van der Waals surface area contributed by atoms with Crippen molar-refractivity contribution in [3.05, 3.63) is 119 Å². The summed E-state index contributed by atoms with van der Waals surface area (Å²) in [7, 11) is 0. The first-order chi connectivity index (χ1) is 18.5. The van der Waals surface area contributed by atoms with Gasteiger partial charge in [-0.2, -0.15) is 5.10 Å². The highest BCUT2D eigenvalue weighted by Crippen LogP contribution is 2.28. The second-order valence-corrected chi connectivity index (χ2v) is 8.98. The van der Waals surface area contributed by atoms with E-state index in [0.717, 1.165) is 21.5 Å². The molecule has 188 valence electrons. The van der Waals surface area contributed by atoms with Crippen LogP contribution < -0.4 is 14.9 Å². The molecular weight excluding hydrogens is 500 g/mol.